The van der Waals surface area contributed by atoms with E-state index in [9.17, 15) is 13.2 Å². The number of sulfonamides is 1. The number of rotatable bonds is 4. The third kappa shape index (κ3) is 3.27. The van der Waals surface area contributed by atoms with E-state index in [0.29, 0.717) is 17.6 Å². The molecule has 0 aromatic heterocycles. The van der Waals surface area contributed by atoms with Crippen molar-refractivity contribution in [3.05, 3.63) is 29.8 Å². The Morgan fingerprint density at radius 3 is 2.26 bits per heavy atom. The van der Waals surface area contributed by atoms with E-state index in [1.807, 2.05) is 11.9 Å². The van der Waals surface area contributed by atoms with Gasteiger partial charge in [-0.05, 0) is 57.0 Å². The number of amides is 1. The summed E-state index contributed by atoms with van der Waals surface area (Å²) in [5.41, 5.74) is 0.522. The highest BCUT2D eigenvalue weighted by Gasteiger charge is 2.36. The van der Waals surface area contributed by atoms with Crippen LogP contribution in [0.4, 0.5) is 0 Å². The monoisotopic (exact) mass is 337 g/mol. The average molecular weight is 337 g/mol. The van der Waals surface area contributed by atoms with Gasteiger partial charge in [0.15, 0.2) is 0 Å². The van der Waals surface area contributed by atoms with Gasteiger partial charge in [0.1, 0.15) is 0 Å². The van der Waals surface area contributed by atoms with Crippen molar-refractivity contribution in [2.24, 2.45) is 0 Å². The molecule has 2 aliphatic heterocycles. The number of nitrogens with zero attached hydrogens (tertiary/aromatic N) is 1. The number of piperidine rings is 1. The number of hydrogen-bond donors (Lipinski definition) is 2. The lowest BCUT2D eigenvalue weighted by atomic mass is 9.98. The lowest BCUT2D eigenvalue weighted by molar-refractivity contribution is 0.0681. The smallest absolute Gasteiger partial charge is 0.253 e. The molecule has 2 aliphatic rings. The van der Waals surface area contributed by atoms with Crippen molar-refractivity contribution >= 4 is 15.9 Å². The highest BCUT2D eigenvalue weighted by molar-refractivity contribution is 7.89. The van der Waals surface area contributed by atoms with Crippen LogP contribution in [-0.2, 0) is 10.0 Å². The normalized spacial score (nSPS) is 27.0. The number of benzene rings is 1. The Balaban J connectivity index is 1.72. The number of hydrogen-bond acceptors (Lipinski definition) is 4. The molecule has 2 heterocycles. The largest absolute Gasteiger partial charge is 0.339 e. The Labute approximate surface area is 137 Å². The first-order chi connectivity index (χ1) is 10.9. The summed E-state index contributed by atoms with van der Waals surface area (Å²) in [6, 6.07) is 7.41. The molecular weight excluding hydrogens is 314 g/mol. The Kier molecular flexibility index (Phi) is 4.44. The van der Waals surface area contributed by atoms with Gasteiger partial charge in [0.25, 0.3) is 5.91 Å². The zero-order valence-electron chi connectivity index (χ0n) is 13.5. The molecule has 2 bridgehead atoms. The van der Waals surface area contributed by atoms with E-state index in [1.54, 1.807) is 12.1 Å². The maximum atomic E-state index is 12.6. The lowest BCUT2D eigenvalue weighted by Crippen LogP contribution is -2.48. The minimum absolute atomic E-state index is 0.0512. The molecule has 2 fully saturated rings. The fourth-order valence-corrected chi connectivity index (χ4v) is 4.34. The highest BCUT2D eigenvalue weighted by atomic mass is 32.2. The zero-order chi connectivity index (χ0) is 16.6. The van der Waals surface area contributed by atoms with Gasteiger partial charge in [-0.2, -0.15) is 0 Å². The molecule has 6 nitrogen and oxygen atoms in total. The molecule has 2 saturated heterocycles. The average Bonchev–Trinajstić information content (AvgIpc) is 2.91. The Morgan fingerprint density at radius 1 is 1.17 bits per heavy atom. The molecule has 1 aromatic rings. The van der Waals surface area contributed by atoms with E-state index in [-0.39, 0.29) is 16.8 Å². The van der Waals surface area contributed by atoms with Crippen LogP contribution in [-0.4, -0.2) is 51.4 Å². The van der Waals surface area contributed by atoms with Crippen LogP contribution >= 0.6 is 0 Å². The van der Waals surface area contributed by atoms with Gasteiger partial charge in [0.05, 0.1) is 4.90 Å². The number of carbonyl (C=O) groups is 1. The number of nitrogens with one attached hydrogen (secondary N) is 2. The van der Waals surface area contributed by atoms with E-state index in [1.165, 1.54) is 32.0 Å². The first kappa shape index (κ1) is 16.4. The van der Waals surface area contributed by atoms with Gasteiger partial charge in [-0.1, -0.05) is 0 Å². The quantitative estimate of drug-likeness (QED) is 0.857. The molecule has 1 amide bonds. The first-order valence-electron chi connectivity index (χ1n) is 7.97. The number of carbonyl (C=O) groups excluding carboxylic acids is 1. The molecule has 0 saturated carbocycles. The molecule has 0 spiro atoms. The summed E-state index contributed by atoms with van der Waals surface area (Å²) < 4.78 is 25.7. The Hall–Kier alpha value is -1.44. The summed E-state index contributed by atoms with van der Waals surface area (Å²) in [5.74, 6) is -0.0512. The van der Waals surface area contributed by atoms with Gasteiger partial charge in [-0.15, -0.1) is 0 Å². The summed E-state index contributed by atoms with van der Waals surface area (Å²) in [4.78, 5) is 14.6. The second-order valence-electron chi connectivity index (χ2n) is 6.41. The van der Waals surface area contributed by atoms with Crippen molar-refractivity contribution in [3.63, 3.8) is 0 Å². The van der Waals surface area contributed by atoms with Crippen molar-refractivity contribution < 1.29 is 13.2 Å². The molecule has 126 valence electrons. The van der Waals surface area contributed by atoms with Crippen LogP contribution in [0.2, 0.25) is 0 Å². The highest BCUT2D eigenvalue weighted by Crippen LogP contribution is 2.29. The molecule has 7 heteroatoms. The van der Waals surface area contributed by atoms with Crippen molar-refractivity contribution in [1.29, 1.82) is 0 Å². The molecule has 23 heavy (non-hydrogen) atoms. The molecule has 1 aromatic carbocycles. The summed E-state index contributed by atoms with van der Waals surface area (Å²) in [6.07, 6.45) is 4.37. The molecule has 3 rings (SSSR count). The third-order valence-electron chi connectivity index (χ3n) is 5.00. The van der Waals surface area contributed by atoms with Crippen LogP contribution in [0.1, 0.15) is 36.0 Å². The van der Waals surface area contributed by atoms with Crippen LogP contribution in [0.25, 0.3) is 0 Å². The van der Waals surface area contributed by atoms with Crippen molar-refractivity contribution in [2.45, 2.75) is 48.7 Å². The fourth-order valence-electron chi connectivity index (χ4n) is 3.61. The summed E-state index contributed by atoms with van der Waals surface area (Å²) >= 11 is 0. The minimum Gasteiger partial charge on any atom is -0.339 e. The summed E-state index contributed by atoms with van der Waals surface area (Å²) in [5, 5.41) is 3.57. The summed E-state index contributed by atoms with van der Waals surface area (Å²) in [6.45, 7) is 0. The number of fused-ring (bicyclic) bond motifs is 2. The van der Waals surface area contributed by atoms with Gasteiger partial charge in [-0.3, -0.25) is 4.79 Å². The van der Waals surface area contributed by atoms with E-state index in [0.717, 1.165) is 12.8 Å². The molecule has 2 unspecified atom stereocenters. The first-order valence-corrected chi connectivity index (χ1v) is 9.46. The molecule has 0 aliphatic carbocycles. The standard InChI is InChI=1S/C16H23N3O3S/c1-17-23(21,22)15-7-3-11(4-8-15)16(20)19(2)14-9-12-5-6-13(10-14)18-12/h3-4,7-8,12-14,17-18H,5-6,9-10H2,1-2H3. The molecule has 2 atom stereocenters. The van der Waals surface area contributed by atoms with Gasteiger partial charge in [0, 0.05) is 30.7 Å². The maximum absolute atomic E-state index is 12.6. The van der Waals surface area contributed by atoms with Gasteiger partial charge >= 0.3 is 0 Å². The zero-order valence-corrected chi connectivity index (χ0v) is 14.3. The lowest BCUT2D eigenvalue weighted by Gasteiger charge is -2.35. The Bertz CT molecular complexity index is 675. The van der Waals surface area contributed by atoms with E-state index in [2.05, 4.69) is 10.0 Å². The second kappa shape index (κ2) is 6.22. The van der Waals surface area contributed by atoms with Crippen LogP contribution in [0.15, 0.2) is 29.2 Å². The SMILES string of the molecule is CNS(=O)(=O)c1ccc(C(=O)N(C)C2CC3CCC(C2)N3)cc1. The maximum Gasteiger partial charge on any atom is 0.253 e. The van der Waals surface area contributed by atoms with Gasteiger partial charge < -0.3 is 10.2 Å². The summed E-state index contributed by atoms with van der Waals surface area (Å²) in [7, 11) is -0.259. The predicted molar refractivity (Wildman–Crippen MR) is 87.7 cm³/mol. The molecular formula is C16H23N3O3S. The van der Waals surface area contributed by atoms with Crippen molar-refractivity contribution in [1.82, 2.24) is 14.9 Å². The Morgan fingerprint density at radius 2 is 1.74 bits per heavy atom. The molecule has 0 radical (unpaired) electrons. The second-order valence-corrected chi connectivity index (χ2v) is 8.30. The topological polar surface area (TPSA) is 78.5 Å². The van der Waals surface area contributed by atoms with Crippen LogP contribution in [0.3, 0.4) is 0 Å². The van der Waals surface area contributed by atoms with Crippen LogP contribution in [0, 0.1) is 0 Å². The van der Waals surface area contributed by atoms with Crippen LogP contribution < -0.4 is 10.0 Å². The third-order valence-corrected chi connectivity index (χ3v) is 6.43. The minimum atomic E-state index is -3.47. The molecule has 2 N–H and O–H groups in total. The van der Waals surface area contributed by atoms with Gasteiger partial charge in [-0.25, -0.2) is 13.1 Å². The van der Waals surface area contributed by atoms with E-state index >= 15 is 0 Å². The van der Waals surface area contributed by atoms with E-state index < -0.39 is 10.0 Å². The predicted octanol–water partition coefficient (Wildman–Crippen LogP) is 0.950. The van der Waals surface area contributed by atoms with Crippen molar-refractivity contribution in [2.75, 3.05) is 14.1 Å². The van der Waals surface area contributed by atoms with Crippen molar-refractivity contribution in [3.8, 4) is 0 Å². The van der Waals surface area contributed by atoms with Crippen LogP contribution in [0.5, 0.6) is 0 Å². The van der Waals surface area contributed by atoms with Gasteiger partial charge in [0.2, 0.25) is 10.0 Å². The fraction of sp³-hybridized carbons (Fsp3) is 0.562. The van der Waals surface area contributed by atoms with E-state index in [4.69, 9.17) is 0 Å².